The molecule has 4 heterocycles. The van der Waals surface area contributed by atoms with E-state index in [0.29, 0.717) is 5.91 Å². The molecule has 8 heteroatoms. The Morgan fingerprint density at radius 2 is 1.50 bits per heavy atom. The third kappa shape index (κ3) is 4.25. The first-order chi connectivity index (χ1) is 14.8. The lowest BCUT2D eigenvalue weighted by Crippen LogP contribution is -2.54. The Labute approximate surface area is 182 Å². The number of anilines is 1. The standard InChI is InChI=1S/C22H32N6OS/c29-20(26-16-14-25(15-17-26)19-6-2-1-3-7-19)18-8-12-28(13-9-18)22-24-23-21(30-22)27-10-4-5-11-27/h4-5,10-11,18-19H,1-3,6-9,12-17H2. The number of piperazine rings is 1. The van der Waals surface area contributed by atoms with Crippen molar-refractivity contribution in [2.45, 2.75) is 51.0 Å². The van der Waals surface area contributed by atoms with Gasteiger partial charge in [-0.25, -0.2) is 0 Å². The van der Waals surface area contributed by atoms with Gasteiger partial charge in [-0.2, -0.15) is 0 Å². The van der Waals surface area contributed by atoms with Crippen molar-refractivity contribution in [1.29, 1.82) is 0 Å². The fraction of sp³-hybridized carbons (Fsp3) is 0.682. The van der Waals surface area contributed by atoms with Gasteiger partial charge in [0.05, 0.1) is 0 Å². The second-order valence-corrected chi connectivity index (χ2v) is 9.81. The molecule has 2 aromatic heterocycles. The highest BCUT2D eigenvalue weighted by Gasteiger charge is 2.32. The summed E-state index contributed by atoms with van der Waals surface area (Å²) in [5.41, 5.74) is 0. The van der Waals surface area contributed by atoms with Crippen molar-refractivity contribution in [3.05, 3.63) is 24.5 Å². The molecule has 0 aromatic carbocycles. The van der Waals surface area contributed by atoms with Crippen molar-refractivity contribution in [2.75, 3.05) is 44.2 Å². The largest absolute Gasteiger partial charge is 0.347 e. The minimum atomic E-state index is 0.166. The number of aromatic nitrogens is 3. The molecule has 30 heavy (non-hydrogen) atoms. The van der Waals surface area contributed by atoms with Crippen LogP contribution in [-0.2, 0) is 4.79 Å². The number of carbonyl (C=O) groups is 1. The van der Waals surface area contributed by atoms with Gasteiger partial charge in [-0.1, -0.05) is 30.6 Å². The van der Waals surface area contributed by atoms with Crippen molar-refractivity contribution in [1.82, 2.24) is 24.6 Å². The van der Waals surface area contributed by atoms with Crippen molar-refractivity contribution in [3.63, 3.8) is 0 Å². The fourth-order valence-electron chi connectivity index (χ4n) is 5.23. The Morgan fingerprint density at radius 3 is 2.20 bits per heavy atom. The summed E-state index contributed by atoms with van der Waals surface area (Å²) >= 11 is 1.61. The van der Waals surface area contributed by atoms with Crippen LogP contribution in [0.15, 0.2) is 24.5 Å². The van der Waals surface area contributed by atoms with E-state index in [4.69, 9.17) is 0 Å². The summed E-state index contributed by atoms with van der Waals surface area (Å²) in [6.07, 6.45) is 12.7. The van der Waals surface area contributed by atoms with Gasteiger partial charge in [0, 0.05) is 63.6 Å². The molecule has 2 aromatic rings. The Morgan fingerprint density at radius 1 is 0.833 bits per heavy atom. The monoisotopic (exact) mass is 428 g/mol. The van der Waals surface area contributed by atoms with Crippen molar-refractivity contribution in [3.8, 4) is 5.13 Å². The van der Waals surface area contributed by atoms with Crippen molar-refractivity contribution < 1.29 is 4.79 Å². The van der Waals surface area contributed by atoms with E-state index in [1.165, 1.54) is 32.1 Å². The van der Waals surface area contributed by atoms with Gasteiger partial charge in [-0.05, 0) is 37.8 Å². The van der Waals surface area contributed by atoms with Crippen LogP contribution in [0.4, 0.5) is 5.13 Å². The number of carbonyl (C=O) groups excluding carboxylic acids is 1. The van der Waals surface area contributed by atoms with Crippen LogP contribution in [0.5, 0.6) is 0 Å². The van der Waals surface area contributed by atoms with Crippen molar-refractivity contribution >= 4 is 22.4 Å². The molecule has 0 N–H and O–H groups in total. The molecule has 3 fully saturated rings. The molecule has 1 aliphatic carbocycles. The number of piperidine rings is 1. The topological polar surface area (TPSA) is 57.5 Å². The zero-order valence-corrected chi connectivity index (χ0v) is 18.5. The van der Waals surface area contributed by atoms with Crippen LogP contribution in [-0.4, -0.2) is 75.8 Å². The molecule has 2 aliphatic heterocycles. The van der Waals surface area contributed by atoms with E-state index in [1.807, 2.05) is 29.1 Å². The average molecular weight is 429 g/mol. The lowest BCUT2D eigenvalue weighted by molar-refractivity contribution is -0.138. The first-order valence-corrected chi connectivity index (χ1v) is 12.3. The van der Waals surface area contributed by atoms with Gasteiger partial charge in [-0.15, -0.1) is 10.2 Å². The van der Waals surface area contributed by atoms with Crippen LogP contribution < -0.4 is 4.90 Å². The van der Waals surface area contributed by atoms with Crippen LogP contribution in [0.25, 0.3) is 5.13 Å². The lowest BCUT2D eigenvalue weighted by atomic mass is 9.93. The predicted octanol–water partition coefficient (Wildman–Crippen LogP) is 3.02. The molecule has 3 aliphatic rings. The van der Waals surface area contributed by atoms with E-state index in [1.54, 1.807) is 11.3 Å². The zero-order valence-electron chi connectivity index (χ0n) is 17.7. The first-order valence-electron chi connectivity index (χ1n) is 11.5. The van der Waals surface area contributed by atoms with Crippen LogP contribution in [0.2, 0.25) is 0 Å². The molecule has 1 amide bonds. The highest BCUT2D eigenvalue weighted by Crippen LogP contribution is 2.29. The van der Waals surface area contributed by atoms with Gasteiger partial charge < -0.3 is 9.80 Å². The minimum absolute atomic E-state index is 0.166. The molecular weight excluding hydrogens is 396 g/mol. The molecule has 0 bridgehead atoms. The van der Waals surface area contributed by atoms with Gasteiger partial charge in [0.1, 0.15) is 0 Å². The Balaban J connectivity index is 1.10. The normalized spacial score (nSPS) is 22.5. The third-order valence-corrected chi connectivity index (χ3v) is 8.06. The van der Waals surface area contributed by atoms with E-state index in [-0.39, 0.29) is 5.92 Å². The van der Waals surface area contributed by atoms with E-state index in [9.17, 15) is 4.79 Å². The fourth-order valence-corrected chi connectivity index (χ4v) is 6.10. The summed E-state index contributed by atoms with van der Waals surface area (Å²) in [6.45, 7) is 5.71. The Kier molecular flexibility index (Phi) is 6.04. The number of hydrogen-bond acceptors (Lipinski definition) is 6. The van der Waals surface area contributed by atoms with Crippen LogP contribution in [0, 0.1) is 5.92 Å². The molecule has 1 saturated carbocycles. The van der Waals surface area contributed by atoms with Crippen LogP contribution in [0.3, 0.4) is 0 Å². The number of amides is 1. The summed E-state index contributed by atoms with van der Waals surface area (Å²) in [5.74, 6) is 0.544. The van der Waals surface area contributed by atoms with Gasteiger partial charge >= 0.3 is 0 Å². The smallest absolute Gasteiger partial charge is 0.225 e. The highest BCUT2D eigenvalue weighted by atomic mass is 32.1. The van der Waals surface area contributed by atoms with Gasteiger partial charge in [0.25, 0.3) is 0 Å². The summed E-state index contributed by atoms with van der Waals surface area (Å²) in [6, 6.07) is 4.75. The molecule has 0 spiro atoms. The summed E-state index contributed by atoms with van der Waals surface area (Å²) in [7, 11) is 0. The molecule has 0 unspecified atom stereocenters. The molecule has 162 valence electrons. The quantitative estimate of drug-likeness (QED) is 0.749. The molecule has 0 atom stereocenters. The molecule has 0 radical (unpaired) electrons. The lowest BCUT2D eigenvalue weighted by Gasteiger charge is -2.42. The molecule has 2 saturated heterocycles. The van der Waals surface area contributed by atoms with E-state index in [0.717, 1.165) is 68.4 Å². The van der Waals surface area contributed by atoms with Gasteiger partial charge in [0.2, 0.25) is 16.2 Å². The van der Waals surface area contributed by atoms with E-state index >= 15 is 0 Å². The van der Waals surface area contributed by atoms with Crippen LogP contribution >= 0.6 is 11.3 Å². The average Bonchev–Trinajstić information content (AvgIpc) is 3.52. The first kappa shape index (κ1) is 20.0. The summed E-state index contributed by atoms with van der Waals surface area (Å²) in [5, 5.41) is 10.6. The van der Waals surface area contributed by atoms with E-state index in [2.05, 4.69) is 24.9 Å². The highest BCUT2D eigenvalue weighted by molar-refractivity contribution is 7.17. The SMILES string of the molecule is O=C(C1CCN(c2nnc(-n3cccc3)s2)CC1)N1CCN(C2CCCCC2)CC1. The maximum absolute atomic E-state index is 13.1. The third-order valence-electron chi connectivity index (χ3n) is 7.06. The number of nitrogens with zero attached hydrogens (tertiary/aromatic N) is 6. The molecule has 7 nitrogen and oxygen atoms in total. The predicted molar refractivity (Wildman–Crippen MR) is 119 cm³/mol. The van der Waals surface area contributed by atoms with Gasteiger partial charge in [0.15, 0.2) is 0 Å². The second-order valence-electron chi connectivity index (χ2n) is 8.87. The summed E-state index contributed by atoms with van der Waals surface area (Å²) in [4.78, 5) is 20.2. The number of rotatable bonds is 4. The maximum atomic E-state index is 13.1. The minimum Gasteiger partial charge on any atom is -0.347 e. The van der Waals surface area contributed by atoms with Crippen LogP contribution in [0.1, 0.15) is 44.9 Å². The van der Waals surface area contributed by atoms with E-state index < -0.39 is 0 Å². The Bertz CT molecular complexity index is 815. The van der Waals surface area contributed by atoms with Crippen molar-refractivity contribution in [2.24, 2.45) is 5.92 Å². The maximum Gasteiger partial charge on any atom is 0.225 e. The second kappa shape index (κ2) is 9.06. The number of hydrogen-bond donors (Lipinski definition) is 0. The zero-order chi connectivity index (χ0) is 20.3. The Hall–Kier alpha value is -1.93. The molecule has 5 rings (SSSR count). The summed E-state index contributed by atoms with van der Waals surface area (Å²) < 4.78 is 1.99. The molecular formula is C22H32N6OS. The van der Waals surface area contributed by atoms with Gasteiger partial charge in [-0.3, -0.25) is 14.3 Å².